The zero-order chi connectivity index (χ0) is 19.4. The maximum absolute atomic E-state index is 12.3. The molecule has 2 amide bonds. The van der Waals surface area contributed by atoms with Gasteiger partial charge in [-0.15, -0.1) is 0 Å². The predicted octanol–water partition coefficient (Wildman–Crippen LogP) is 2.39. The van der Waals surface area contributed by atoms with Gasteiger partial charge in [-0.1, -0.05) is 12.1 Å². The molecule has 0 saturated carbocycles. The van der Waals surface area contributed by atoms with Gasteiger partial charge >= 0.3 is 0 Å². The van der Waals surface area contributed by atoms with Gasteiger partial charge in [-0.2, -0.15) is 0 Å². The predicted molar refractivity (Wildman–Crippen MR) is 99.4 cm³/mol. The molecule has 136 valence electrons. The van der Waals surface area contributed by atoms with Crippen LogP contribution in [0.25, 0.3) is 0 Å². The van der Waals surface area contributed by atoms with Crippen LogP contribution in [0.4, 0.5) is 17.1 Å². The Kier molecular flexibility index (Phi) is 5.56. The number of nitro benzene ring substituents is 1. The van der Waals surface area contributed by atoms with E-state index in [9.17, 15) is 19.7 Å². The van der Waals surface area contributed by atoms with Gasteiger partial charge in [-0.3, -0.25) is 19.7 Å². The molecule has 0 spiro atoms. The highest BCUT2D eigenvalue weighted by Gasteiger charge is 2.21. The van der Waals surface area contributed by atoms with Gasteiger partial charge in [0.1, 0.15) is 5.69 Å². The molecular formula is C18H20N4O4. The molecule has 8 nitrogen and oxygen atoms in total. The number of nitro groups is 1. The van der Waals surface area contributed by atoms with E-state index in [4.69, 9.17) is 5.73 Å². The topological polar surface area (TPSA) is 119 Å². The molecule has 8 heteroatoms. The number of benzene rings is 2. The average Bonchev–Trinajstić information content (AvgIpc) is 2.57. The van der Waals surface area contributed by atoms with Gasteiger partial charge < -0.3 is 16.0 Å². The van der Waals surface area contributed by atoms with Crippen molar-refractivity contribution in [1.29, 1.82) is 0 Å². The van der Waals surface area contributed by atoms with Crippen LogP contribution >= 0.6 is 0 Å². The molecule has 0 radical (unpaired) electrons. The maximum atomic E-state index is 12.3. The normalized spacial score (nSPS) is 10.3. The summed E-state index contributed by atoms with van der Waals surface area (Å²) in [5, 5.41) is 14.1. The molecule has 26 heavy (non-hydrogen) atoms. The summed E-state index contributed by atoms with van der Waals surface area (Å²) in [5.41, 5.74) is 7.76. The second kappa shape index (κ2) is 7.64. The number of nitrogens with two attached hydrogens (primary N) is 1. The van der Waals surface area contributed by atoms with E-state index in [0.717, 1.165) is 17.2 Å². The highest BCUT2D eigenvalue weighted by molar-refractivity contribution is 5.96. The summed E-state index contributed by atoms with van der Waals surface area (Å²) < 4.78 is 0. The highest BCUT2D eigenvalue weighted by Crippen LogP contribution is 2.28. The van der Waals surface area contributed by atoms with Gasteiger partial charge in [0.05, 0.1) is 11.5 Å². The number of primary amides is 1. The van der Waals surface area contributed by atoms with Gasteiger partial charge in [-0.25, -0.2) is 0 Å². The number of likely N-dealkylation sites (N-methyl/N-ethyl adjacent to an activating group) is 1. The van der Waals surface area contributed by atoms with E-state index in [2.05, 4.69) is 5.32 Å². The second-order valence-electron chi connectivity index (χ2n) is 6.05. The Morgan fingerprint density at radius 1 is 1.19 bits per heavy atom. The Bertz CT molecular complexity index is 879. The Morgan fingerprint density at radius 3 is 2.50 bits per heavy atom. The Hall–Kier alpha value is -3.42. The molecule has 0 atom stereocenters. The molecule has 0 unspecified atom stereocenters. The maximum Gasteiger partial charge on any atom is 0.293 e. The lowest BCUT2D eigenvalue weighted by atomic mass is 10.1. The quantitative estimate of drug-likeness (QED) is 0.608. The fourth-order valence-electron chi connectivity index (χ4n) is 2.51. The first-order valence-electron chi connectivity index (χ1n) is 7.85. The molecule has 0 heterocycles. The summed E-state index contributed by atoms with van der Waals surface area (Å²) in [6, 6.07) is 9.62. The van der Waals surface area contributed by atoms with Crippen LogP contribution in [0, 0.1) is 24.0 Å². The van der Waals surface area contributed by atoms with Crippen molar-refractivity contribution in [3.8, 4) is 0 Å². The second-order valence-corrected chi connectivity index (χ2v) is 6.05. The molecule has 3 N–H and O–H groups in total. The monoisotopic (exact) mass is 356 g/mol. The van der Waals surface area contributed by atoms with E-state index >= 15 is 0 Å². The van der Waals surface area contributed by atoms with Gasteiger partial charge in [0, 0.05) is 24.4 Å². The third kappa shape index (κ3) is 4.35. The van der Waals surface area contributed by atoms with Crippen molar-refractivity contribution >= 4 is 28.9 Å². The third-order valence-corrected chi connectivity index (χ3v) is 3.92. The molecule has 0 bridgehead atoms. The summed E-state index contributed by atoms with van der Waals surface area (Å²) in [7, 11) is 1.56. The van der Waals surface area contributed by atoms with Crippen LogP contribution in [-0.2, 0) is 4.79 Å². The first-order valence-corrected chi connectivity index (χ1v) is 7.85. The summed E-state index contributed by atoms with van der Waals surface area (Å²) in [6.07, 6.45) is 0. The van der Waals surface area contributed by atoms with E-state index in [1.807, 2.05) is 32.0 Å². The fraction of sp³-hybridized carbons (Fsp3) is 0.222. The van der Waals surface area contributed by atoms with Gasteiger partial charge in [0.2, 0.25) is 11.8 Å². The van der Waals surface area contributed by atoms with Crippen molar-refractivity contribution < 1.29 is 14.5 Å². The van der Waals surface area contributed by atoms with E-state index in [1.54, 1.807) is 7.05 Å². The summed E-state index contributed by atoms with van der Waals surface area (Å²) in [4.78, 5) is 35.7. The molecule has 2 aromatic rings. The summed E-state index contributed by atoms with van der Waals surface area (Å²) >= 11 is 0. The van der Waals surface area contributed by atoms with Crippen molar-refractivity contribution in [2.75, 3.05) is 23.8 Å². The van der Waals surface area contributed by atoms with Crippen LogP contribution in [0.2, 0.25) is 0 Å². The van der Waals surface area contributed by atoms with E-state index < -0.39 is 10.8 Å². The van der Waals surface area contributed by atoms with E-state index in [1.165, 1.54) is 17.0 Å². The smallest absolute Gasteiger partial charge is 0.293 e. The van der Waals surface area contributed by atoms with Crippen LogP contribution < -0.4 is 16.0 Å². The Labute approximate surface area is 150 Å². The molecular weight excluding hydrogens is 336 g/mol. The Balaban J connectivity index is 2.20. The molecule has 0 aliphatic heterocycles. The standard InChI is InChI=1S/C18H20N4O4/c1-11-4-5-12(2)14(8-11)20-17(23)10-21(3)15-7-6-13(18(19)24)9-16(15)22(25)26/h4-9H,10H2,1-3H3,(H2,19,24)(H,20,23). The number of amides is 2. The SMILES string of the molecule is Cc1ccc(C)c(NC(=O)CN(C)c2ccc(C(N)=O)cc2[N+](=O)[O-])c1. The summed E-state index contributed by atoms with van der Waals surface area (Å²) in [5.74, 6) is -1.07. The zero-order valence-corrected chi connectivity index (χ0v) is 14.8. The van der Waals surface area contributed by atoms with Crippen molar-refractivity contribution in [1.82, 2.24) is 0 Å². The van der Waals surface area contributed by atoms with Crippen LogP contribution in [0.3, 0.4) is 0 Å². The minimum atomic E-state index is -0.755. The lowest BCUT2D eigenvalue weighted by Gasteiger charge is -2.19. The molecule has 0 aliphatic carbocycles. The number of nitrogens with zero attached hydrogens (tertiary/aromatic N) is 2. The van der Waals surface area contributed by atoms with E-state index in [0.29, 0.717) is 5.69 Å². The van der Waals surface area contributed by atoms with Crippen molar-refractivity contribution in [2.45, 2.75) is 13.8 Å². The number of rotatable bonds is 6. The van der Waals surface area contributed by atoms with Crippen molar-refractivity contribution in [3.63, 3.8) is 0 Å². The molecule has 0 aliphatic rings. The fourth-order valence-corrected chi connectivity index (χ4v) is 2.51. The van der Waals surface area contributed by atoms with Gasteiger partial charge in [-0.05, 0) is 43.2 Å². The van der Waals surface area contributed by atoms with Gasteiger partial charge in [0.25, 0.3) is 5.69 Å². The molecule has 2 aromatic carbocycles. The van der Waals surface area contributed by atoms with Crippen LogP contribution in [0.15, 0.2) is 36.4 Å². The lowest BCUT2D eigenvalue weighted by molar-refractivity contribution is -0.384. The minimum absolute atomic E-state index is 0.0358. The average molecular weight is 356 g/mol. The zero-order valence-electron chi connectivity index (χ0n) is 14.8. The molecule has 2 rings (SSSR count). The first-order chi connectivity index (χ1) is 12.2. The van der Waals surface area contributed by atoms with Crippen LogP contribution in [0.5, 0.6) is 0 Å². The van der Waals surface area contributed by atoms with Crippen molar-refractivity contribution in [2.24, 2.45) is 5.73 Å². The summed E-state index contributed by atoms with van der Waals surface area (Å²) in [6.45, 7) is 3.71. The number of carbonyl (C=O) groups is 2. The number of nitrogens with one attached hydrogen (secondary N) is 1. The van der Waals surface area contributed by atoms with Crippen LogP contribution in [-0.4, -0.2) is 30.3 Å². The number of hydrogen-bond acceptors (Lipinski definition) is 5. The first kappa shape index (κ1) is 18.9. The van der Waals surface area contributed by atoms with Crippen LogP contribution in [0.1, 0.15) is 21.5 Å². The number of carbonyl (C=O) groups excluding carboxylic acids is 2. The Morgan fingerprint density at radius 2 is 1.88 bits per heavy atom. The molecule has 0 saturated heterocycles. The van der Waals surface area contributed by atoms with Gasteiger partial charge in [0.15, 0.2) is 0 Å². The number of aryl methyl sites for hydroxylation is 2. The largest absolute Gasteiger partial charge is 0.366 e. The third-order valence-electron chi connectivity index (χ3n) is 3.92. The number of anilines is 2. The molecule has 0 aromatic heterocycles. The highest BCUT2D eigenvalue weighted by atomic mass is 16.6. The van der Waals surface area contributed by atoms with Crippen molar-refractivity contribution in [3.05, 3.63) is 63.2 Å². The lowest BCUT2D eigenvalue weighted by Crippen LogP contribution is -2.30. The van der Waals surface area contributed by atoms with E-state index in [-0.39, 0.29) is 29.4 Å². The molecule has 0 fully saturated rings. The minimum Gasteiger partial charge on any atom is -0.366 e. The number of hydrogen-bond donors (Lipinski definition) is 2.